The normalized spacial score (nSPS) is 11.1. The average Bonchev–Trinajstić information content (AvgIpc) is 3.24. The molecule has 0 saturated carbocycles. The number of unbranched alkanes of at least 4 members (excludes halogenated alkanes) is 1. The summed E-state index contributed by atoms with van der Waals surface area (Å²) >= 11 is 1.57. The molecule has 2 aromatic heterocycles. The SMILES string of the molecule is CCCCn1c(N)c(N(CC)C(=O)/C=C/c2cccc(OCc3csc(C)n3)c2)c(=O)[nH]c1=O. The van der Waals surface area contributed by atoms with E-state index in [1.807, 2.05) is 43.5 Å². The van der Waals surface area contributed by atoms with Crippen LogP contribution in [0.4, 0.5) is 11.5 Å². The molecule has 3 aromatic rings. The molecule has 1 amide bonds. The maximum atomic E-state index is 13.0. The van der Waals surface area contributed by atoms with Crippen molar-refractivity contribution < 1.29 is 9.53 Å². The first-order chi connectivity index (χ1) is 16.3. The Morgan fingerprint density at radius 2 is 2.12 bits per heavy atom. The molecule has 0 aliphatic carbocycles. The van der Waals surface area contributed by atoms with Crippen molar-refractivity contribution in [3.05, 3.63) is 72.8 Å². The van der Waals surface area contributed by atoms with E-state index in [-0.39, 0.29) is 18.1 Å². The lowest BCUT2D eigenvalue weighted by atomic mass is 10.2. The summed E-state index contributed by atoms with van der Waals surface area (Å²) in [6.07, 6.45) is 4.58. The summed E-state index contributed by atoms with van der Waals surface area (Å²) in [5, 5.41) is 2.94. The van der Waals surface area contributed by atoms with Crippen molar-refractivity contribution in [3.8, 4) is 5.75 Å². The smallest absolute Gasteiger partial charge is 0.330 e. The number of benzene rings is 1. The zero-order chi connectivity index (χ0) is 24.7. The number of amides is 1. The van der Waals surface area contributed by atoms with Gasteiger partial charge in [0.05, 0.1) is 10.7 Å². The highest BCUT2D eigenvalue weighted by Gasteiger charge is 2.21. The number of carbonyl (C=O) groups is 1. The Morgan fingerprint density at radius 3 is 2.79 bits per heavy atom. The van der Waals surface area contributed by atoms with Crippen LogP contribution in [0.5, 0.6) is 5.75 Å². The Labute approximate surface area is 201 Å². The van der Waals surface area contributed by atoms with Crippen molar-refractivity contribution in [1.29, 1.82) is 0 Å². The zero-order valence-electron chi connectivity index (χ0n) is 19.5. The van der Waals surface area contributed by atoms with Crippen LogP contribution in [0.3, 0.4) is 0 Å². The number of aryl methyl sites for hydroxylation is 1. The molecule has 10 heteroatoms. The van der Waals surface area contributed by atoms with Crippen LogP contribution >= 0.6 is 11.3 Å². The molecule has 1 aromatic carbocycles. The van der Waals surface area contributed by atoms with Gasteiger partial charge in [-0.3, -0.25) is 19.1 Å². The molecule has 3 rings (SSSR count). The van der Waals surface area contributed by atoms with Crippen LogP contribution in [0.15, 0.2) is 45.3 Å². The van der Waals surface area contributed by atoms with E-state index in [1.54, 1.807) is 24.3 Å². The monoisotopic (exact) mass is 483 g/mol. The number of hydrogen-bond donors (Lipinski definition) is 2. The summed E-state index contributed by atoms with van der Waals surface area (Å²) in [5.74, 6) is 0.208. The van der Waals surface area contributed by atoms with Crippen LogP contribution in [0.25, 0.3) is 6.08 Å². The summed E-state index contributed by atoms with van der Waals surface area (Å²) in [4.78, 5) is 45.6. The highest BCUT2D eigenvalue weighted by atomic mass is 32.1. The number of nitrogens with two attached hydrogens (primary N) is 1. The maximum Gasteiger partial charge on any atom is 0.330 e. The van der Waals surface area contributed by atoms with Gasteiger partial charge in [0.1, 0.15) is 18.2 Å². The van der Waals surface area contributed by atoms with Crippen LogP contribution in [0.1, 0.15) is 43.0 Å². The van der Waals surface area contributed by atoms with E-state index in [4.69, 9.17) is 10.5 Å². The first kappa shape index (κ1) is 25.0. The molecule has 3 N–H and O–H groups in total. The third-order valence-electron chi connectivity index (χ3n) is 5.13. The lowest BCUT2D eigenvalue weighted by Crippen LogP contribution is -2.40. The molecule has 0 saturated heterocycles. The number of aromatic nitrogens is 3. The lowest BCUT2D eigenvalue weighted by Gasteiger charge is -2.21. The number of aromatic amines is 1. The minimum Gasteiger partial charge on any atom is -0.487 e. The predicted molar refractivity (Wildman–Crippen MR) is 135 cm³/mol. The molecule has 0 radical (unpaired) electrons. The van der Waals surface area contributed by atoms with Gasteiger partial charge in [0.25, 0.3) is 11.5 Å². The fourth-order valence-electron chi connectivity index (χ4n) is 3.40. The van der Waals surface area contributed by atoms with Crippen LogP contribution < -0.4 is 26.6 Å². The Morgan fingerprint density at radius 1 is 1.32 bits per heavy atom. The minimum atomic E-state index is -0.688. The molecule has 9 nitrogen and oxygen atoms in total. The number of likely N-dealkylation sites (N-methyl/N-ethyl adjacent to an activating group) is 1. The molecule has 0 bridgehead atoms. The van der Waals surface area contributed by atoms with Crippen molar-refractivity contribution in [1.82, 2.24) is 14.5 Å². The first-order valence-corrected chi connectivity index (χ1v) is 12.0. The molecule has 0 unspecified atom stereocenters. The molecule has 0 aliphatic rings. The zero-order valence-corrected chi connectivity index (χ0v) is 20.4. The number of nitrogens with zero attached hydrogens (tertiary/aromatic N) is 3. The number of hydrogen-bond acceptors (Lipinski definition) is 7. The Balaban J connectivity index is 1.78. The summed E-state index contributed by atoms with van der Waals surface area (Å²) in [6.45, 7) is 6.59. The highest BCUT2D eigenvalue weighted by Crippen LogP contribution is 2.19. The topological polar surface area (TPSA) is 123 Å². The van der Waals surface area contributed by atoms with Gasteiger partial charge in [0.15, 0.2) is 5.69 Å². The lowest BCUT2D eigenvalue weighted by molar-refractivity contribution is -0.114. The highest BCUT2D eigenvalue weighted by molar-refractivity contribution is 7.09. The minimum absolute atomic E-state index is 0.0153. The second-order valence-corrected chi connectivity index (χ2v) is 8.70. The summed E-state index contributed by atoms with van der Waals surface area (Å²) in [7, 11) is 0. The predicted octanol–water partition coefficient (Wildman–Crippen LogP) is 3.33. The number of rotatable bonds is 10. The van der Waals surface area contributed by atoms with Gasteiger partial charge in [0.2, 0.25) is 0 Å². The average molecular weight is 484 g/mol. The number of anilines is 2. The van der Waals surface area contributed by atoms with Gasteiger partial charge >= 0.3 is 5.69 Å². The van der Waals surface area contributed by atoms with E-state index >= 15 is 0 Å². The second kappa shape index (κ2) is 11.5. The van der Waals surface area contributed by atoms with Crippen molar-refractivity contribution in [2.45, 2.75) is 46.8 Å². The van der Waals surface area contributed by atoms with Gasteiger partial charge in [-0.15, -0.1) is 11.3 Å². The summed E-state index contributed by atoms with van der Waals surface area (Å²) in [5.41, 5.74) is 6.48. The Bertz CT molecular complexity index is 1290. The molecular formula is C24H29N5O4S. The van der Waals surface area contributed by atoms with E-state index in [1.165, 1.54) is 15.5 Å². The number of carbonyl (C=O) groups excluding carboxylic acids is 1. The Kier molecular flexibility index (Phi) is 8.42. The van der Waals surface area contributed by atoms with Gasteiger partial charge in [-0.25, -0.2) is 9.78 Å². The molecule has 2 heterocycles. The van der Waals surface area contributed by atoms with E-state index in [9.17, 15) is 14.4 Å². The standard InChI is InChI=1S/C24H29N5O4S/c1-4-6-12-29-22(25)21(23(31)27-24(29)32)28(5-2)20(30)11-10-17-8-7-9-19(13-17)33-14-18-15-34-16(3)26-18/h7-11,13,15H,4-6,12,14,25H2,1-3H3,(H,27,31,32)/b11-10+. The van der Waals surface area contributed by atoms with E-state index in [0.29, 0.717) is 18.9 Å². The van der Waals surface area contributed by atoms with Crippen molar-refractivity contribution in [3.63, 3.8) is 0 Å². The van der Waals surface area contributed by atoms with E-state index in [2.05, 4.69) is 9.97 Å². The number of nitrogen functional groups attached to an aromatic ring is 1. The molecule has 0 fully saturated rings. The quantitative estimate of drug-likeness (QED) is 0.427. The molecule has 0 aliphatic heterocycles. The summed E-state index contributed by atoms with van der Waals surface area (Å²) in [6, 6.07) is 7.31. The van der Waals surface area contributed by atoms with Crippen molar-refractivity contribution in [2.24, 2.45) is 0 Å². The van der Waals surface area contributed by atoms with Crippen molar-refractivity contribution >= 4 is 34.8 Å². The fourth-order valence-corrected chi connectivity index (χ4v) is 4.00. The molecule has 180 valence electrons. The number of ether oxygens (including phenoxy) is 1. The van der Waals surface area contributed by atoms with Gasteiger partial charge in [-0.05, 0) is 44.0 Å². The Hall–Kier alpha value is -3.66. The molecule has 0 atom stereocenters. The van der Waals surface area contributed by atoms with E-state index < -0.39 is 17.2 Å². The van der Waals surface area contributed by atoms with Gasteiger partial charge in [-0.1, -0.05) is 25.5 Å². The third kappa shape index (κ3) is 6.02. The summed E-state index contributed by atoms with van der Waals surface area (Å²) < 4.78 is 7.10. The van der Waals surface area contributed by atoms with Crippen LogP contribution in [0, 0.1) is 6.92 Å². The molecular weight excluding hydrogens is 454 g/mol. The largest absolute Gasteiger partial charge is 0.487 e. The first-order valence-electron chi connectivity index (χ1n) is 11.1. The molecule has 34 heavy (non-hydrogen) atoms. The third-order valence-corrected chi connectivity index (χ3v) is 5.95. The second-order valence-electron chi connectivity index (χ2n) is 7.63. The van der Waals surface area contributed by atoms with Crippen LogP contribution in [-0.4, -0.2) is 27.0 Å². The maximum absolute atomic E-state index is 13.0. The molecule has 0 spiro atoms. The number of thiazole rings is 1. The van der Waals surface area contributed by atoms with E-state index in [0.717, 1.165) is 29.1 Å². The van der Waals surface area contributed by atoms with Crippen LogP contribution in [0.2, 0.25) is 0 Å². The van der Waals surface area contributed by atoms with Gasteiger partial charge in [0, 0.05) is 24.5 Å². The van der Waals surface area contributed by atoms with Gasteiger partial charge in [-0.2, -0.15) is 0 Å². The fraction of sp³-hybridized carbons (Fsp3) is 0.333. The number of nitrogens with one attached hydrogen (secondary N) is 1. The van der Waals surface area contributed by atoms with Crippen molar-refractivity contribution in [2.75, 3.05) is 17.2 Å². The van der Waals surface area contributed by atoms with Crippen LogP contribution in [-0.2, 0) is 17.9 Å². The van der Waals surface area contributed by atoms with Gasteiger partial charge < -0.3 is 15.4 Å². The number of H-pyrrole nitrogens is 1.